The van der Waals surface area contributed by atoms with Gasteiger partial charge in [0.05, 0.1) is 10.2 Å². The highest BCUT2D eigenvalue weighted by atomic mass is 32.1. The standard InChI is InChI=1S/C31H40FN3O3S/c1-4-7-22(10-9-21(3)20(2)8-5-6-17-36)29-19-26-30(39-29)28(15-16-33-26)38-27-14-13-24(18-25(27)32)35-31(37)34-23-11-12-23/h7,13-16,18-21,23,36H,4-6,8-12,17H2,1-3H3,(H2,34,35,37). The lowest BCUT2D eigenvalue weighted by Gasteiger charge is -2.20. The third-order valence-corrected chi connectivity index (χ3v) is 8.59. The van der Waals surface area contributed by atoms with Crippen molar-refractivity contribution in [3.63, 3.8) is 0 Å². The monoisotopic (exact) mass is 553 g/mol. The molecule has 1 aliphatic rings. The van der Waals surface area contributed by atoms with Crippen molar-refractivity contribution in [2.45, 2.75) is 78.2 Å². The number of aliphatic hydroxyl groups is 1. The summed E-state index contributed by atoms with van der Waals surface area (Å²) in [6, 6.07) is 8.21. The summed E-state index contributed by atoms with van der Waals surface area (Å²) in [5.74, 6) is 1.32. The van der Waals surface area contributed by atoms with Crippen molar-refractivity contribution in [3.05, 3.63) is 53.3 Å². The highest BCUT2D eigenvalue weighted by Gasteiger charge is 2.23. The number of ether oxygens (including phenoxy) is 1. The van der Waals surface area contributed by atoms with Crippen molar-refractivity contribution in [1.82, 2.24) is 10.3 Å². The zero-order valence-corrected chi connectivity index (χ0v) is 24.0. The first kappa shape index (κ1) is 29.0. The molecule has 1 fully saturated rings. The van der Waals surface area contributed by atoms with Gasteiger partial charge in [-0.25, -0.2) is 9.18 Å². The minimum Gasteiger partial charge on any atom is -0.453 e. The summed E-state index contributed by atoms with van der Waals surface area (Å²) in [6.07, 6.45) is 12.1. The Kier molecular flexibility index (Phi) is 10.3. The van der Waals surface area contributed by atoms with Crippen LogP contribution in [0.4, 0.5) is 14.9 Å². The first-order valence-corrected chi connectivity index (χ1v) is 14.9. The Labute approximate surface area is 234 Å². The summed E-state index contributed by atoms with van der Waals surface area (Å²) in [5.41, 5.74) is 2.52. The van der Waals surface area contributed by atoms with Gasteiger partial charge in [-0.2, -0.15) is 0 Å². The molecule has 2 aromatic heterocycles. The van der Waals surface area contributed by atoms with Gasteiger partial charge in [0.25, 0.3) is 0 Å². The van der Waals surface area contributed by atoms with E-state index < -0.39 is 5.82 Å². The number of allylic oxidation sites excluding steroid dienone is 2. The van der Waals surface area contributed by atoms with Gasteiger partial charge in [-0.15, -0.1) is 11.3 Å². The normalized spacial score (nSPS) is 15.3. The average Bonchev–Trinajstić information content (AvgIpc) is 3.61. The van der Waals surface area contributed by atoms with Crippen LogP contribution < -0.4 is 15.4 Å². The fraction of sp³-hybridized carbons (Fsp3) is 0.484. The Hall–Kier alpha value is -2.97. The number of halogens is 1. The molecule has 6 nitrogen and oxygen atoms in total. The second-order valence-corrected chi connectivity index (χ2v) is 11.7. The molecule has 0 spiro atoms. The number of thiophene rings is 1. The quantitative estimate of drug-likeness (QED) is 0.175. The lowest BCUT2D eigenvalue weighted by molar-refractivity contribution is 0.251. The Balaban J connectivity index is 1.45. The fourth-order valence-electron chi connectivity index (χ4n) is 4.62. The summed E-state index contributed by atoms with van der Waals surface area (Å²) in [5, 5.41) is 14.6. The SMILES string of the molecule is CCC=C(CCC(C)C(C)CCCCO)c1cc2nccc(Oc3ccc(NC(=O)NC4CC4)cc3F)c2s1. The largest absolute Gasteiger partial charge is 0.453 e. The van der Waals surface area contributed by atoms with E-state index in [-0.39, 0.29) is 24.4 Å². The number of hydrogen-bond donors (Lipinski definition) is 3. The molecule has 0 bridgehead atoms. The van der Waals surface area contributed by atoms with Crippen molar-refractivity contribution in [1.29, 1.82) is 0 Å². The molecule has 2 amide bonds. The van der Waals surface area contributed by atoms with Crippen molar-refractivity contribution in [3.8, 4) is 11.5 Å². The first-order valence-electron chi connectivity index (χ1n) is 14.1. The number of anilines is 1. The Bertz CT molecular complexity index is 1290. The number of carbonyl (C=O) groups excluding carboxylic acids is 1. The van der Waals surface area contributed by atoms with Gasteiger partial charge in [0.15, 0.2) is 11.6 Å². The van der Waals surface area contributed by atoms with E-state index in [1.165, 1.54) is 17.7 Å². The molecule has 1 aliphatic carbocycles. The van der Waals surface area contributed by atoms with Crippen LogP contribution in [0.3, 0.4) is 0 Å². The van der Waals surface area contributed by atoms with Crippen molar-refractivity contribution in [2.75, 3.05) is 11.9 Å². The van der Waals surface area contributed by atoms with Crippen LogP contribution in [0.25, 0.3) is 15.8 Å². The molecule has 210 valence electrons. The predicted molar refractivity (Wildman–Crippen MR) is 158 cm³/mol. The van der Waals surface area contributed by atoms with Crippen molar-refractivity contribution in [2.24, 2.45) is 11.8 Å². The van der Waals surface area contributed by atoms with E-state index in [0.29, 0.717) is 23.3 Å². The van der Waals surface area contributed by atoms with Gasteiger partial charge in [0.1, 0.15) is 5.75 Å². The van der Waals surface area contributed by atoms with Gasteiger partial charge in [0.2, 0.25) is 0 Å². The molecule has 39 heavy (non-hydrogen) atoms. The molecule has 4 rings (SSSR count). The number of hydrogen-bond acceptors (Lipinski definition) is 5. The highest BCUT2D eigenvalue weighted by molar-refractivity contribution is 7.20. The van der Waals surface area contributed by atoms with Crippen LogP contribution in [-0.4, -0.2) is 28.8 Å². The Morgan fingerprint density at radius 1 is 1.18 bits per heavy atom. The molecule has 1 aromatic carbocycles. The van der Waals surface area contributed by atoms with Gasteiger partial charge < -0.3 is 20.5 Å². The lowest BCUT2D eigenvalue weighted by atomic mass is 9.86. The molecule has 1 saturated carbocycles. The molecule has 2 heterocycles. The van der Waals surface area contributed by atoms with E-state index in [4.69, 9.17) is 9.84 Å². The summed E-state index contributed by atoms with van der Waals surface area (Å²) in [6.45, 7) is 7.05. The van der Waals surface area contributed by atoms with Crippen LogP contribution >= 0.6 is 11.3 Å². The third-order valence-electron chi connectivity index (χ3n) is 7.37. The van der Waals surface area contributed by atoms with Crippen LogP contribution in [0.1, 0.15) is 77.0 Å². The van der Waals surface area contributed by atoms with E-state index in [1.54, 1.807) is 29.7 Å². The van der Waals surface area contributed by atoms with Crippen LogP contribution in [0.15, 0.2) is 42.6 Å². The number of fused-ring (bicyclic) bond motifs is 1. The number of carbonyl (C=O) groups is 1. The summed E-state index contributed by atoms with van der Waals surface area (Å²) in [4.78, 5) is 17.7. The molecule has 0 radical (unpaired) electrons. The molecule has 2 atom stereocenters. The maximum absolute atomic E-state index is 14.9. The first-order chi connectivity index (χ1) is 18.9. The molecule has 0 aliphatic heterocycles. The number of aliphatic hydroxyl groups excluding tert-OH is 1. The number of nitrogens with one attached hydrogen (secondary N) is 2. The molecule has 0 saturated heterocycles. The zero-order valence-electron chi connectivity index (χ0n) is 23.1. The van der Waals surface area contributed by atoms with Crippen LogP contribution in [0, 0.1) is 17.7 Å². The average molecular weight is 554 g/mol. The molecule has 2 unspecified atom stereocenters. The molecule has 8 heteroatoms. The molecule has 3 aromatic rings. The Morgan fingerprint density at radius 2 is 1.97 bits per heavy atom. The van der Waals surface area contributed by atoms with Gasteiger partial charge >= 0.3 is 6.03 Å². The summed E-state index contributed by atoms with van der Waals surface area (Å²) < 4.78 is 21.8. The fourth-order valence-corrected chi connectivity index (χ4v) is 5.75. The second kappa shape index (κ2) is 13.9. The number of amides is 2. The van der Waals surface area contributed by atoms with E-state index >= 15 is 0 Å². The predicted octanol–water partition coefficient (Wildman–Crippen LogP) is 8.52. The summed E-state index contributed by atoms with van der Waals surface area (Å²) in [7, 11) is 0. The second-order valence-electron chi connectivity index (χ2n) is 10.6. The number of nitrogens with zero attached hydrogens (tertiary/aromatic N) is 1. The summed E-state index contributed by atoms with van der Waals surface area (Å²) >= 11 is 1.63. The topological polar surface area (TPSA) is 83.5 Å². The van der Waals surface area contributed by atoms with Crippen LogP contribution in [0.5, 0.6) is 11.5 Å². The smallest absolute Gasteiger partial charge is 0.319 e. The minimum absolute atomic E-state index is 0.0962. The maximum atomic E-state index is 14.9. The minimum atomic E-state index is -0.547. The van der Waals surface area contributed by atoms with E-state index in [9.17, 15) is 9.18 Å². The number of aromatic nitrogens is 1. The lowest BCUT2D eigenvalue weighted by Crippen LogP contribution is -2.30. The Morgan fingerprint density at radius 3 is 2.69 bits per heavy atom. The number of benzene rings is 1. The maximum Gasteiger partial charge on any atom is 0.319 e. The number of unbranched alkanes of at least 4 members (excludes halogenated alkanes) is 1. The number of urea groups is 1. The molecular formula is C31H40FN3O3S. The molecule has 3 N–H and O–H groups in total. The van der Waals surface area contributed by atoms with E-state index in [2.05, 4.69) is 48.5 Å². The van der Waals surface area contributed by atoms with E-state index in [1.807, 2.05) is 0 Å². The number of rotatable bonds is 14. The third kappa shape index (κ3) is 8.26. The van der Waals surface area contributed by atoms with Gasteiger partial charge in [-0.05, 0) is 74.1 Å². The molecular weight excluding hydrogens is 513 g/mol. The zero-order chi connectivity index (χ0) is 27.8. The van der Waals surface area contributed by atoms with Crippen LogP contribution in [0.2, 0.25) is 0 Å². The highest BCUT2D eigenvalue weighted by Crippen LogP contribution is 2.40. The number of pyridine rings is 1. The van der Waals surface area contributed by atoms with Gasteiger partial charge in [-0.1, -0.05) is 39.7 Å². The van der Waals surface area contributed by atoms with Gasteiger partial charge in [0, 0.05) is 41.5 Å². The van der Waals surface area contributed by atoms with Crippen molar-refractivity contribution < 1.29 is 19.0 Å². The van der Waals surface area contributed by atoms with Crippen molar-refractivity contribution >= 4 is 38.8 Å². The van der Waals surface area contributed by atoms with Gasteiger partial charge in [-0.3, -0.25) is 4.98 Å². The van der Waals surface area contributed by atoms with E-state index in [0.717, 1.165) is 66.5 Å². The van der Waals surface area contributed by atoms with Crippen LogP contribution in [-0.2, 0) is 0 Å².